The van der Waals surface area contributed by atoms with Crippen LogP contribution >= 0.6 is 11.3 Å². The van der Waals surface area contributed by atoms with Gasteiger partial charge in [0.25, 0.3) is 5.56 Å². The van der Waals surface area contributed by atoms with E-state index in [0.29, 0.717) is 10.8 Å². The van der Waals surface area contributed by atoms with Crippen LogP contribution < -0.4 is 10.9 Å². The maximum Gasteiger partial charge on any atom is 0.269 e. The van der Waals surface area contributed by atoms with Gasteiger partial charge in [-0.3, -0.25) is 9.59 Å². The molecule has 0 fully saturated rings. The van der Waals surface area contributed by atoms with E-state index < -0.39 is 5.56 Å². The van der Waals surface area contributed by atoms with Gasteiger partial charge in [-0.05, 0) is 19.1 Å². The summed E-state index contributed by atoms with van der Waals surface area (Å²) in [6.45, 7) is 1.57. The summed E-state index contributed by atoms with van der Waals surface area (Å²) in [6, 6.07) is 4.89. The molecule has 1 amide bonds. The molecular weight excluding hydrogens is 264 g/mol. The van der Waals surface area contributed by atoms with Gasteiger partial charge in [0, 0.05) is 17.3 Å². The van der Waals surface area contributed by atoms with Gasteiger partial charge >= 0.3 is 0 Å². The number of nitriles is 1. The maximum absolute atomic E-state index is 11.9. The van der Waals surface area contributed by atoms with E-state index in [1.54, 1.807) is 30.6 Å². The quantitative estimate of drug-likeness (QED) is 0.908. The van der Waals surface area contributed by atoms with Gasteiger partial charge in [0.05, 0.1) is 0 Å². The number of nitrogens with zero attached hydrogens (tertiary/aromatic N) is 3. The van der Waals surface area contributed by atoms with Gasteiger partial charge in [-0.1, -0.05) is 0 Å². The third-order valence-corrected chi connectivity index (χ3v) is 3.18. The minimum Gasteiger partial charge on any atom is -0.302 e. The number of nitrogens with one attached hydrogen (secondary N) is 1. The summed E-state index contributed by atoms with van der Waals surface area (Å²) in [5.41, 5.74) is 0.183. The van der Waals surface area contributed by atoms with Crippen LogP contribution in [0.1, 0.15) is 11.3 Å². The number of hydrogen-bond acceptors (Lipinski definition) is 5. The molecule has 0 aliphatic carbocycles. The molecule has 96 valence electrons. The molecule has 1 N–H and O–H groups in total. The first-order valence-corrected chi connectivity index (χ1v) is 6.29. The lowest BCUT2D eigenvalue weighted by molar-refractivity contribution is -0.116. The van der Waals surface area contributed by atoms with Gasteiger partial charge in [0.1, 0.15) is 18.2 Å². The Morgan fingerprint density at radius 3 is 3.00 bits per heavy atom. The Hall–Kier alpha value is -2.46. The Balaban J connectivity index is 2.22. The van der Waals surface area contributed by atoms with Crippen molar-refractivity contribution in [2.75, 3.05) is 5.32 Å². The van der Waals surface area contributed by atoms with E-state index >= 15 is 0 Å². The highest BCUT2D eigenvalue weighted by molar-refractivity contribution is 7.13. The Morgan fingerprint density at radius 1 is 1.58 bits per heavy atom. The highest BCUT2D eigenvalue weighted by Gasteiger charge is 2.10. The van der Waals surface area contributed by atoms with Crippen LogP contribution in [0.25, 0.3) is 0 Å². The zero-order valence-corrected chi connectivity index (χ0v) is 10.9. The summed E-state index contributed by atoms with van der Waals surface area (Å²) in [5.74, 6) is -0.352. The monoisotopic (exact) mass is 274 g/mol. The molecule has 2 heterocycles. The summed E-state index contributed by atoms with van der Waals surface area (Å²) < 4.78 is 1.27. The van der Waals surface area contributed by atoms with Gasteiger partial charge in [0.15, 0.2) is 5.13 Å². The minimum atomic E-state index is -0.461. The van der Waals surface area contributed by atoms with Crippen LogP contribution in [0, 0.1) is 18.3 Å². The van der Waals surface area contributed by atoms with Gasteiger partial charge in [-0.25, -0.2) is 4.98 Å². The number of anilines is 1. The molecular formula is C12H10N4O2S. The van der Waals surface area contributed by atoms with Crippen molar-refractivity contribution in [2.45, 2.75) is 13.5 Å². The number of aryl methyl sites for hydroxylation is 1. The number of rotatable bonds is 3. The highest BCUT2D eigenvalue weighted by Crippen LogP contribution is 2.10. The van der Waals surface area contributed by atoms with Crippen molar-refractivity contribution in [1.82, 2.24) is 9.55 Å². The van der Waals surface area contributed by atoms with Crippen LogP contribution in [0.2, 0.25) is 0 Å². The lowest BCUT2D eigenvalue weighted by atomic mass is 10.2. The number of thiazole rings is 1. The Bertz CT molecular complexity index is 698. The predicted octanol–water partition coefficient (Wildman–Crippen LogP) is 1.12. The van der Waals surface area contributed by atoms with E-state index in [0.717, 1.165) is 0 Å². The van der Waals surface area contributed by atoms with Crippen LogP contribution in [0.4, 0.5) is 5.13 Å². The number of amides is 1. The fraction of sp³-hybridized carbons (Fsp3) is 0.167. The first-order chi connectivity index (χ1) is 9.11. The molecule has 0 aromatic carbocycles. The third kappa shape index (κ3) is 2.86. The van der Waals surface area contributed by atoms with Crippen LogP contribution in [-0.2, 0) is 11.3 Å². The second-order valence-corrected chi connectivity index (χ2v) is 4.67. The Kier molecular flexibility index (Phi) is 3.73. The standard InChI is InChI=1S/C12H10N4O2S/c1-8-2-3-9(6-13)11(18)16(8)7-10(17)15-12-14-4-5-19-12/h2-5H,7H2,1H3,(H,14,15,17). The molecule has 19 heavy (non-hydrogen) atoms. The summed E-state index contributed by atoms with van der Waals surface area (Å²) in [6.07, 6.45) is 1.58. The van der Waals surface area contributed by atoms with Gasteiger partial charge in [-0.2, -0.15) is 5.26 Å². The number of pyridine rings is 1. The van der Waals surface area contributed by atoms with Crippen LogP contribution in [-0.4, -0.2) is 15.5 Å². The van der Waals surface area contributed by atoms with Crippen molar-refractivity contribution in [2.24, 2.45) is 0 Å². The largest absolute Gasteiger partial charge is 0.302 e. The first-order valence-electron chi connectivity index (χ1n) is 5.41. The van der Waals surface area contributed by atoms with Crippen LogP contribution in [0.15, 0.2) is 28.5 Å². The van der Waals surface area contributed by atoms with Crippen molar-refractivity contribution in [1.29, 1.82) is 5.26 Å². The number of aromatic nitrogens is 2. The second-order valence-electron chi connectivity index (χ2n) is 3.78. The molecule has 0 saturated carbocycles. The summed E-state index contributed by atoms with van der Waals surface area (Å²) in [5, 5.41) is 13.6. The second kappa shape index (κ2) is 5.46. The molecule has 2 rings (SSSR count). The highest BCUT2D eigenvalue weighted by atomic mass is 32.1. The molecule has 2 aromatic heterocycles. The van der Waals surface area contributed by atoms with Crippen molar-refractivity contribution in [3.05, 3.63) is 45.3 Å². The van der Waals surface area contributed by atoms with E-state index in [1.165, 1.54) is 22.0 Å². The predicted molar refractivity (Wildman–Crippen MR) is 70.9 cm³/mol. The van der Waals surface area contributed by atoms with Crippen molar-refractivity contribution >= 4 is 22.4 Å². The van der Waals surface area contributed by atoms with Crippen molar-refractivity contribution in [3.8, 4) is 6.07 Å². The summed E-state index contributed by atoms with van der Waals surface area (Å²) in [4.78, 5) is 27.6. The minimum absolute atomic E-state index is 0.0210. The molecule has 0 aliphatic heterocycles. The molecule has 2 aromatic rings. The fourth-order valence-electron chi connectivity index (χ4n) is 1.54. The van der Waals surface area contributed by atoms with E-state index in [4.69, 9.17) is 5.26 Å². The summed E-state index contributed by atoms with van der Waals surface area (Å²) >= 11 is 1.30. The molecule has 0 radical (unpaired) electrons. The van der Waals surface area contributed by atoms with Gasteiger partial charge < -0.3 is 9.88 Å². The molecule has 0 spiro atoms. The van der Waals surface area contributed by atoms with Gasteiger partial charge in [-0.15, -0.1) is 11.3 Å². The van der Waals surface area contributed by atoms with E-state index in [1.807, 2.05) is 0 Å². The van der Waals surface area contributed by atoms with E-state index in [2.05, 4.69) is 10.3 Å². The zero-order valence-electron chi connectivity index (χ0n) is 10.1. The van der Waals surface area contributed by atoms with Crippen molar-refractivity contribution in [3.63, 3.8) is 0 Å². The SMILES string of the molecule is Cc1ccc(C#N)c(=O)n1CC(=O)Nc1nccs1. The number of carbonyl (C=O) groups excluding carboxylic acids is 1. The van der Waals surface area contributed by atoms with Crippen LogP contribution in [0.3, 0.4) is 0 Å². The fourth-order valence-corrected chi connectivity index (χ4v) is 2.09. The molecule has 0 atom stereocenters. The molecule has 0 aliphatic rings. The number of carbonyl (C=O) groups is 1. The smallest absolute Gasteiger partial charge is 0.269 e. The van der Waals surface area contributed by atoms with Crippen LogP contribution in [0.5, 0.6) is 0 Å². The van der Waals surface area contributed by atoms with Crippen molar-refractivity contribution < 1.29 is 4.79 Å². The average molecular weight is 274 g/mol. The Morgan fingerprint density at radius 2 is 2.37 bits per heavy atom. The Labute approximate surface area is 113 Å². The zero-order chi connectivity index (χ0) is 13.8. The average Bonchev–Trinajstić information content (AvgIpc) is 2.87. The molecule has 7 heteroatoms. The molecule has 0 saturated heterocycles. The normalized spacial score (nSPS) is 9.89. The number of hydrogen-bond donors (Lipinski definition) is 1. The first kappa shape index (κ1) is 13.0. The lowest BCUT2D eigenvalue weighted by Crippen LogP contribution is -2.30. The maximum atomic E-state index is 11.9. The van der Waals surface area contributed by atoms with E-state index in [9.17, 15) is 9.59 Å². The summed E-state index contributed by atoms with van der Waals surface area (Å²) in [7, 11) is 0. The van der Waals surface area contributed by atoms with Gasteiger partial charge in [0.2, 0.25) is 5.91 Å². The molecule has 0 bridgehead atoms. The molecule has 6 nitrogen and oxygen atoms in total. The van der Waals surface area contributed by atoms with E-state index in [-0.39, 0.29) is 18.0 Å². The molecule has 0 unspecified atom stereocenters. The lowest BCUT2D eigenvalue weighted by Gasteiger charge is -2.09. The third-order valence-electron chi connectivity index (χ3n) is 2.49. The topological polar surface area (TPSA) is 87.8 Å².